The fraction of sp³-hybridized carbons (Fsp3) is 0.167. The van der Waals surface area contributed by atoms with Crippen molar-refractivity contribution < 1.29 is 4.42 Å². The van der Waals surface area contributed by atoms with Crippen LogP contribution in [0, 0.1) is 6.92 Å². The highest BCUT2D eigenvalue weighted by molar-refractivity contribution is 7.07. The van der Waals surface area contributed by atoms with Crippen LogP contribution in [0.1, 0.15) is 24.1 Å². The van der Waals surface area contributed by atoms with Gasteiger partial charge in [0.25, 0.3) is 0 Å². The van der Waals surface area contributed by atoms with Crippen LogP contribution in [0.25, 0.3) is 33.3 Å². The van der Waals surface area contributed by atoms with Crippen molar-refractivity contribution in [1.82, 2.24) is 9.66 Å². The smallest absolute Gasteiger partial charge is 0.206 e. The van der Waals surface area contributed by atoms with Crippen molar-refractivity contribution in [1.29, 1.82) is 0 Å². The van der Waals surface area contributed by atoms with Crippen LogP contribution in [0.3, 0.4) is 0 Å². The Labute approximate surface area is 177 Å². The van der Waals surface area contributed by atoms with Crippen LogP contribution < -0.4 is 4.80 Å². The van der Waals surface area contributed by atoms with Gasteiger partial charge in [0, 0.05) is 32.9 Å². The molecule has 1 aliphatic carbocycles. The van der Waals surface area contributed by atoms with Crippen LogP contribution in [0.15, 0.2) is 74.5 Å². The highest BCUT2D eigenvalue weighted by Crippen LogP contribution is 2.29. The summed E-state index contributed by atoms with van der Waals surface area (Å²) >= 11 is 1.61. The molecule has 6 rings (SSSR count). The van der Waals surface area contributed by atoms with Gasteiger partial charge in [-0.3, -0.25) is 4.99 Å². The number of para-hydroxylation sites is 2. The van der Waals surface area contributed by atoms with E-state index >= 15 is 0 Å². The van der Waals surface area contributed by atoms with Crippen LogP contribution in [0.5, 0.6) is 0 Å². The molecular weight excluding hydrogens is 392 g/mol. The normalized spacial score (nSPS) is 15.2. The van der Waals surface area contributed by atoms with Crippen molar-refractivity contribution in [2.24, 2.45) is 10.1 Å². The molecule has 0 aliphatic heterocycles. The third-order valence-electron chi connectivity index (χ3n) is 5.45. The van der Waals surface area contributed by atoms with E-state index in [9.17, 15) is 0 Å². The Morgan fingerprint density at radius 1 is 1.13 bits per heavy atom. The lowest BCUT2D eigenvalue weighted by Crippen LogP contribution is -2.12. The Morgan fingerprint density at radius 2 is 1.97 bits per heavy atom. The lowest BCUT2D eigenvalue weighted by Gasteiger charge is -2.01. The van der Waals surface area contributed by atoms with Gasteiger partial charge in [-0.2, -0.15) is 5.10 Å². The third kappa shape index (κ3) is 3.00. The number of rotatable bonds is 4. The standard InChI is InChI=1S/C24H20N4OS/c1-15-19(18-7-3-4-8-20(18)26-15)13-25-28-21(14-30-24(28)27-17-10-11-17)23-12-16-6-2-5-9-22(16)29-23/h2-9,12-14,17,26H,10-11H2,1H3. The Hall–Kier alpha value is -3.38. The number of hydrogen-bond donors (Lipinski definition) is 1. The minimum atomic E-state index is 0.420. The Kier molecular flexibility index (Phi) is 3.99. The minimum absolute atomic E-state index is 0.420. The molecule has 5 nitrogen and oxygen atoms in total. The summed E-state index contributed by atoms with van der Waals surface area (Å²) in [5, 5.41) is 9.21. The summed E-state index contributed by atoms with van der Waals surface area (Å²) in [4.78, 5) is 9.22. The molecule has 0 spiro atoms. The number of aromatic amines is 1. The van der Waals surface area contributed by atoms with Gasteiger partial charge in [0.1, 0.15) is 11.3 Å². The fourth-order valence-corrected chi connectivity index (χ4v) is 4.61. The van der Waals surface area contributed by atoms with Gasteiger partial charge in [-0.1, -0.05) is 36.4 Å². The van der Waals surface area contributed by atoms with Crippen LogP contribution in [-0.2, 0) is 0 Å². The van der Waals surface area contributed by atoms with E-state index in [0.717, 1.165) is 56.8 Å². The SMILES string of the molecule is Cc1[nH]c2ccccc2c1C=Nn1c(-c2cc3ccccc3o2)csc1=NC1CC1. The number of nitrogens with zero attached hydrogens (tertiary/aromatic N) is 3. The number of H-pyrrole nitrogens is 1. The van der Waals surface area contributed by atoms with E-state index in [0.29, 0.717) is 6.04 Å². The molecule has 3 aromatic heterocycles. The minimum Gasteiger partial charge on any atom is -0.454 e. The Balaban J connectivity index is 1.50. The summed E-state index contributed by atoms with van der Waals surface area (Å²) in [6.07, 6.45) is 4.24. The predicted octanol–water partition coefficient (Wildman–Crippen LogP) is 5.70. The first kappa shape index (κ1) is 17.5. The van der Waals surface area contributed by atoms with Crippen LogP contribution in [-0.4, -0.2) is 21.9 Å². The molecule has 148 valence electrons. The predicted molar refractivity (Wildman–Crippen MR) is 122 cm³/mol. The third-order valence-corrected chi connectivity index (χ3v) is 6.28. The highest BCUT2D eigenvalue weighted by Gasteiger charge is 2.21. The molecule has 0 radical (unpaired) electrons. The van der Waals surface area contributed by atoms with Crippen molar-refractivity contribution in [3.8, 4) is 11.5 Å². The summed E-state index contributed by atoms with van der Waals surface area (Å²) in [7, 11) is 0. The summed E-state index contributed by atoms with van der Waals surface area (Å²) in [6.45, 7) is 2.08. The van der Waals surface area contributed by atoms with E-state index in [1.807, 2.05) is 35.2 Å². The quantitative estimate of drug-likeness (QED) is 0.378. The van der Waals surface area contributed by atoms with E-state index in [4.69, 9.17) is 14.5 Å². The van der Waals surface area contributed by atoms with Gasteiger partial charge in [-0.25, -0.2) is 4.68 Å². The maximum Gasteiger partial charge on any atom is 0.206 e. The molecule has 6 heteroatoms. The molecule has 0 atom stereocenters. The van der Waals surface area contributed by atoms with Crippen molar-refractivity contribution in [3.63, 3.8) is 0 Å². The van der Waals surface area contributed by atoms with Crippen molar-refractivity contribution in [2.45, 2.75) is 25.8 Å². The number of aryl methyl sites for hydroxylation is 1. The van der Waals surface area contributed by atoms with Gasteiger partial charge >= 0.3 is 0 Å². The highest BCUT2D eigenvalue weighted by atomic mass is 32.1. The molecule has 0 bridgehead atoms. The van der Waals surface area contributed by atoms with Gasteiger partial charge in [0.2, 0.25) is 4.80 Å². The van der Waals surface area contributed by atoms with Crippen LogP contribution in [0.2, 0.25) is 0 Å². The number of aromatic nitrogens is 2. The molecule has 1 saturated carbocycles. The van der Waals surface area contributed by atoms with Crippen molar-refractivity contribution in [3.05, 3.63) is 76.0 Å². The average molecular weight is 413 g/mol. The molecule has 5 aromatic rings. The van der Waals surface area contributed by atoms with Gasteiger partial charge in [0.05, 0.1) is 12.3 Å². The van der Waals surface area contributed by atoms with E-state index in [2.05, 4.69) is 47.6 Å². The summed E-state index contributed by atoms with van der Waals surface area (Å²) in [5.41, 5.74) is 5.11. The Morgan fingerprint density at radius 3 is 2.83 bits per heavy atom. The van der Waals surface area contributed by atoms with Crippen LogP contribution >= 0.6 is 11.3 Å². The number of thiazole rings is 1. The zero-order valence-electron chi connectivity index (χ0n) is 16.5. The largest absolute Gasteiger partial charge is 0.454 e. The zero-order valence-corrected chi connectivity index (χ0v) is 17.3. The van der Waals surface area contributed by atoms with E-state index in [-0.39, 0.29) is 0 Å². The zero-order chi connectivity index (χ0) is 20.1. The fourth-order valence-electron chi connectivity index (χ4n) is 3.72. The summed E-state index contributed by atoms with van der Waals surface area (Å²) in [6, 6.07) is 18.9. The van der Waals surface area contributed by atoms with Crippen molar-refractivity contribution in [2.75, 3.05) is 0 Å². The van der Waals surface area contributed by atoms with E-state index in [1.165, 1.54) is 5.39 Å². The van der Waals surface area contributed by atoms with E-state index in [1.54, 1.807) is 11.3 Å². The molecule has 0 saturated heterocycles. The molecule has 0 amide bonds. The number of benzene rings is 2. The van der Waals surface area contributed by atoms with Crippen molar-refractivity contribution >= 4 is 39.4 Å². The first-order valence-electron chi connectivity index (χ1n) is 10.1. The van der Waals surface area contributed by atoms with Gasteiger partial charge in [-0.15, -0.1) is 11.3 Å². The van der Waals surface area contributed by atoms with E-state index < -0.39 is 0 Å². The molecule has 2 aromatic carbocycles. The summed E-state index contributed by atoms with van der Waals surface area (Å²) < 4.78 is 8.04. The number of furan rings is 1. The number of nitrogens with one attached hydrogen (secondary N) is 1. The molecule has 1 fully saturated rings. The number of fused-ring (bicyclic) bond motifs is 2. The maximum absolute atomic E-state index is 6.12. The Bertz CT molecular complexity index is 1440. The van der Waals surface area contributed by atoms with Gasteiger partial charge in [0.15, 0.2) is 5.76 Å². The molecule has 0 unspecified atom stereocenters. The first-order valence-corrected chi connectivity index (χ1v) is 11.0. The van der Waals surface area contributed by atoms with Gasteiger partial charge < -0.3 is 9.40 Å². The lowest BCUT2D eigenvalue weighted by molar-refractivity contribution is 0.621. The topological polar surface area (TPSA) is 58.6 Å². The van der Waals surface area contributed by atoms with Gasteiger partial charge in [-0.05, 0) is 38.0 Å². The second-order valence-electron chi connectivity index (χ2n) is 7.68. The average Bonchev–Trinajstić information content (AvgIpc) is 3.19. The second kappa shape index (κ2) is 6.85. The molecular formula is C24H20N4OS. The summed E-state index contributed by atoms with van der Waals surface area (Å²) in [5.74, 6) is 0.803. The number of hydrogen-bond acceptors (Lipinski definition) is 4. The van der Waals surface area contributed by atoms with Crippen LogP contribution in [0.4, 0.5) is 0 Å². The molecule has 30 heavy (non-hydrogen) atoms. The second-order valence-corrected chi connectivity index (χ2v) is 8.51. The molecule has 1 aliphatic rings. The monoisotopic (exact) mass is 412 g/mol. The first-order chi connectivity index (χ1) is 14.8. The molecule has 3 heterocycles. The lowest BCUT2D eigenvalue weighted by atomic mass is 10.1. The maximum atomic E-state index is 6.12. The molecule has 1 N–H and O–H groups in total.